The van der Waals surface area contributed by atoms with Gasteiger partial charge in [-0.3, -0.25) is 4.79 Å². The third kappa shape index (κ3) is 3.56. The Labute approximate surface area is 126 Å². The average molecular weight is 345 g/mol. The number of rotatable bonds is 5. The van der Waals surface area contributed by atoms with Gasteiger partial charge in [-0.05, 0) is 46.5 Å². The molecular formula is C14H18BrFN2O2. The molecule has 3 N–H and O–H groups in total. The van der Waals surface area contributed by atoms with Crippen molar-refractivity contribution in [3.63, 3.8) is 0 Å². The summed E-state index contributed by atoms with van der Waals surface area (Å²) in [5.74, 6) is -0.569. The fraction of sp³-hybridized carbons (Fsp3) is 0.500. The molecule has 20 heavy (non-hydrogen) atoms. The van der Waals surface area contributed by atoms with E-state index in [4.69, 9.17) is 10.5 Å². The van der Waals surface area contributed by atoms with E-state index in [1.54, 1.807) is 12.1 Å². The highest BCUT2D eigenvalue weighted by Gasteiger charge is 2.37. The van der Waals surface area contributed by atoms with Crippen LogP contribution in [-0.4, -0.2) is 25.7 Å². The number of amides is 1. The molecule has 0 radical (unpaired) electrons. The van der Waals surface area contributed by atoms with Crippen LogP contribution in [-0.2, 0) is 16.1 Å². The lowest BCUT2D eigenvalue weighted by molar-refractivity contribution is -0.132. The number of nitrogens with one attached hydrogen (secondary N) is 1. The lowest BCUT2D eigenvalue weighted by Crippen LogP contribution is -2.48. The summed E-state index contributed by atoms with van der Waals surface area (Å²) in [6.07, 6.45) is 1.28. The third-order valence-electron chi connectivity index (χ3n) is 3.75. The molecule has 4 nitrogen and oxygen atoms in total. The van der Waals surface area contributed by atoms with Crippen LogP contribution in [0.5, 0.6) is 0 Å². The number of benzene rings is 1. The second-order valence-electron chi connectivity index (χ2n) is 5.11. The minimum atomic E-state index is -0.532. The summed E-state index contributed by atoms with van der Waals surface area (Å²) in [6, 6.07) is 4.86. The van der Waals surface area contributed by atoms with E-state index in [-0.39, 0.29) is 11.7 Å². The Morgan fingerprint density at radius 2 is 2.15 bits per heavy atom. The van der Waals surface area contributed by atoms with Gasteiger partial charge in [-0.15, -0.1) is 0 Å². The molecule has 0 aliphatic carbocycles. The monoisotopic (exact) mass is 344 g/mol. The first-order valence-electron chi connectivity index (χ1n) is 6.56. The number of ether oxygens (including phenoxy) is 1. The van der Waals surface area contributed by atoms with Gasteiger partial charge in [0.15, 0.2) is 0 Å². The van der Waals surface area contributed by atoms with Gasteiger partial charge in [-0.25, -0.2) is 4.39 Å². The van der Waals surface area contributed by atoms with Crippen molar-refractivity contribution in [2.24, 2.45) is 11.1 Å². The lowest BCUT2D eigenvalue weighted by atomic mass is 9.79. The summed E-state index contributed by atoms with van der Waals surface area (Å²) >= 11 is 3.15. The minimum absolute atomic E-state index is 0.284. The van der Waals surface area contributed by atoms with Crippen LogP contribution in [0.15, 0.2) is 22.7 Å². The molecule has 0 atom stereocenters. The maximum absolute atomic E-state index is 13.1. The van der Waals surface area contributed by atoms with Crippen molar-refractivity contribution in [1.29, 1.82) is 0 Å². The van der Waals surface area contributed by atoms with Gasteiger partial charge in [0.25, 0.3) is 0 Å². The van der Waals surface area contributed by atoms with Gasteiger partial charge >= 0.3 is 0 Å². The molecule has 0 aromatic heterocycles. The molecule has 1 amide bonds. The van der Waals surface area contributed by atoms with Crippen LogP contribution in [0, 0.1) is 11.2 Å². The van der Waals surface area contributed by atoms with Gasteiger partial charge in [0.1, 0.15) is 5.82 Å². The van der Waals surface area contributed by atoms with Crippen molar-refractivity contribution in [3.8, 4) is 0 Å². The normalized spacial score (nSPS) is 17.9. The Morgan fingerprint density at radius 3 is 2.75 bits per heavy atom. The van der Waals surface area contributed by atoms with Gasteiger partial charge in [0.05, 0.1) is 9.89 Å². The Kier molecular flexibility index (Phi) is 5.12. The zero-order chi connectivity index (χ0) is 14.6. The Hall–Kier alpha value is -0.980. The molecule has 1 aliphatic rings. The van der Waals surface area contributed by atoms with Crippen molar-refractivity contribution in [3.05, 3.63) is 34.1 Å². The maximum atomic E-state index is 13.1. The third-order valence-corrected chi connectivity index (χ3v) is 4.36. The predicted molar refractivity (Wildman–Crippen MR) is 77.5 cm³/mol. The molecule has 1 aromatic rings. The number of halogens is 2. The van der Waals surface area contributed by atoms with E-state index in [0.29, 0.717) is 43.6 Å². The fourth-order valence-electron chi connectivity index (χ4n) is 2.37. The zero-order valence-electron chi connectivity index (χ0n) is 11.1. The zero-order valence-corrected chi connectivity index (χ0v) is 12.7. The molecule has 0 spiro atoms. The second-order valence-corrected chi connectivity index (χ2v) is 5.96. The van der Waals surface area contributed by atoms with Crippen LogP contribution in [0.1, 0.15) is 18.4 Å². The van der Waals surface area contributed by atoms with E-state index >= 15 is 0 Å². The SMILES string of the molecule is NC(=O)C1(CNCc2ccc(F)c(Br)c2)CCOCC1. The van der Waals surface area contributed by atoms with Crippen molar-refractivity contribution in [2.75, 3.05) is 19.8 Å². The maximum Gasteiger partial charge on any atom is 0.225 e. The first kappa shape index (κ1) is 15.4. The highest BCUT2D eigenvalue weighted by molar-refractivity contribution is 9.10. The van der Waals surface area contributed by atoms with E-state index in [2.05, 4.69) is 21.2 Å². The first-order valence-corrected chi connectivity index (χ1v) is 7.35. The standard InChI is InChI=1S/C14H18BrFN2O2/c15-11-7-10(1-2-12(11)16)8-18-9-14(13(17)19)3-5-20-6-4-14/h1-2,7,18H,3-6,8-9H2,(H2,17,19). The van der Waals surface area contributed by atoms with Crippen molar-refractivity contribution < 1.29 is 13.9 Å². The van der Waals surface area contributed by atoms with Gasteiger partial charge in [0.2, 0.25) is 5.91 Å². The lowest BCUT2D eigenvalue weighted by Gasteiger charge is -2.34. The molecular weight excluding hydrogens is 327 g/mol. The van der Waals surface area contributed by atoms with Gasteiger partial charge in [0, 0.05) is 26.3 Å². The molecule has 6 heteroatoms. The van der Waals surface area contributed by atoms with E-state index in [1.807, 2.05) is 0 Å². The Morgan fingerprint density at radius 1 is 1.45 bits per heavy atom. The molecule has 1 saturated heterocycles. The molecule has 0 unspecified atom stereocenters. The number of hydrogen-bond acceptors (Lipinski definition) is 3. The summed E-state index contributed by atoms with van der Waals surface area (Å²) < 4.78 is 18.9. The second kappa shape index (κ2) is 6.65. The molecule has 2 rings (SSSR count). The summed E-state index contributed by atoms with van der Waals surface area (Å²) in [7, 11) is 0. The van der Waals surface area contributed by atoms with Crippen LogP contribution >= 0.6 is 15.9 Å². The summed E-state index contributed by atoms with van der Waals surface area (Å²) in [5, 5.41) is 3.24. The molecule has 1 aliphatic heterocycles. The highest BCUT2D eigenvalue weighted by Crippen LogP contribution is 2.29. The first-order chi connectivity index (χ1) is 9.53. The van der Waals surface area contributed by atoms with Crippen LogP contribution in [0.25, 0.3) is 0 Å². The van der Waals surface area contributed by atoms with E-state index in [0.717, 1.165) is 5.56 Å². The van der Waals surface area contributed by atoms with Crippen molar-refractivity contribution in [1.82, 2.24) is 5.32 Å². The summed E-state index contributed by atoms with van der Waals surface area (Å²) in [6.45, 7) is 2.20. The van der Waals surface area contributed by atoms with E-state index < -0.39 is 5.41 Å². The Bertz CT molecular complexity index is 490. The molecule has 0 saturated carbocycles. The molecule has 1 aromatic carbocycles. The minimum Gasteiger partial charge on any atom is -0.381 e. The van der Waals surface area contributed by atoms with Crippen molar-refractivity contribution >= 4 is 21.8 Å². The van der Waals surface area contributed by atoms with E-state index in [9.17, 15) is 9.18 Å². The number of carbonyl (C=O) groups is 1. The van der Waals surface area contributed by atoms with Crippen molar-refractivity contribution in [2.45, 2.75) is 19.4 Å². The van der Waals surface area contributed by atoms with Crippen LogP contribution < -0.4 is 11.1 Å². The number of nitrogens with two attached hydrogens (primary N) is 1. The topological polar surface area (TPSA) is 64.4 Å². The summed E-state index contributed by atoms with van der Waals surface area (Å²) in [5.41, 5.74) is 5.95. The van der Waals surface area contributed by atoms with Gasteiger partial charge in [-0.2, -0.15) is 0 Å². The van der Waals surface area contributed by atoms with Gasteiger partial charge < -0.3 is 15.8 Å². The van der Waals surface area contributed by atoms with Crippen LogP contribution in [0.3, 0.4) is 0 Å². The van der Waals surface area contributed by atoms with Crippen LogP contribution in [0.4, 0.5) is 4.39 Å². The molecule has 1 heterocycles. The average Bonchev–Trinajstić information content (AvgIpc) is 2.44. The highest BCUT2D eigenvalue weighted by atomic mass is 79.9. The van der Waals surface area contributed by atoms with Crippen LogP contribution in [0.2, 0.25) is 0 Å². The molecule has 1 fully saturated rings. The van der Waals surface area contributed by atoms with Gasteiger partial charge in [-0.1, -0.05) is 6.07 Å². The number of carbonyl (C=O) groups excluding carboxylic acids is 1. The molecule has 0 bridgehead atoms. The fourth-order valence-corrected chi connectivity index (χ4v) is 2.79. The number of hydrogen-bond donors (Lipinski definition) is 2. The Balaban J connectivity index is 1.93. The van der Waals surface area contributed by atoms with E-state index in [1.165, 1.54) is 6.07 Å². The summed E-state index contributed by atoms with van der Waals surface area (Å²) in [4.78, 5) is 11.7. The molecule has 110 valence electrons. The predicted octanol–water partition coefficient (Wildman–Crippen LogP) is 1.96. The number of primary amides is 1. The smallest absolute Gasteiger partial charge is 0.225 e. The largest absolute Gasteiger partial charge is 0.381 e. The quantitative estimate of drug-likeness (QED) is 0.858.